The van der Waals surface area contributed by atoms with E-state index in [0.717, 1.165) is 11.4 Å². The van der Waals surface area contributed by atoms with Gasteiger partial charge in [-0.15, -0.1) is 0 Å². The SMILES string of the molecule is COc1ccccc1N1CCN(C(=O)C[C@H](C)S(=O)(=O)c2cc3c(cc2C)NC(=O)CO3)CC1. The van der Waals surface area contributed by atoms with Crippen molar-refractivity contribution in [1.29, 1.82) is 0 Å². The number of sulfone groups is 1. The number of hydrogen-bond acceptors (Lipinski definition) is 7. The van der Waals surface area contributed by atoms with Gasteiger partial charge in [-0.2, -0.15) is 0 Å². The average Bonchev–Trinajstić information content (AvgIpc) is 2.83. The number of ether oxygens (including phenoxy) is 2. The van der Waals surface area contributed by atoms with Crippen molar-refractivity contribution in [3.8, 4) is 11.5 Å². The number of methoxy groups -OCH3 is 1. The number of nitrogens with one attached hydrogen (secondary N) is 1. The second-order valence-corrected chi connectivity index (χ2v) is 10.9. The maximum Gasteiger partial charge on any atom is 0.262 e. The monoisotopic (exact) mass is 487 g/mol. The molecule has 2 aromatic carbocycles. The van der Waals surface area contributed by atoms with Gasteiger partial charge >= 0.3 is 0 Å². The lowest BCUT2D eigenvalue weighted by molar-refractivity contribution is -0.131. The van der Waals surface area contributed by atoms with Crippen molar-refractivity contribution >= 4 is 33.0 Å². The van der Waals surface area contributed by atoms with Crippen LogP contribution in [0.15, 0.2) is 41.3 Å². The summed E-state index contributed by atoms with van der Waals surface area (Å²) >= 11 is 0. The van der Waals surface area contributed by atoms with E-state index in [4.69, 9.17) is 9.47 Å². The molecule has 0 spiro atoms. The molecule has 0 aromatic heterocycles. The lowest BCUT2D eigenvalue weighted by atomic mass is 10.2. The quantitative estimate of drug-likeness (QED) is 0.666. The summed E-state index contributed by atoms with van der Waals surface area (Å²) in [7, 11) is -2.15. The molecule has 10 heteroatoms. The van der Waals surface area contributed by atoms with E-state index in [1.54, 1.807) is 31.9 Å². The molecule has 2 aliphatic rings. The molecule has 1 fully saturated rings. The molecule has 2 amide bonds. The van der Waals surface area contributed by atoms with Crippen LogP contribution in [0.3, 0.4) is 0 Å². The number of hydrogen-bond donors (Lipinski definition) is 1. The molecule has 0 saturated carbocycles. The van der Waals surface area contributed by atoms with Gasteiger partial charge < -0.3 is 24.6 Å². The van der Waals surface area contributed by atoms with Gasteiger partial charge in [0.1, 0.15) is 11.5 Å². The summed E-state index contributed by atoms with van der Waals surface area (Å²) in [5.74, 6) is 0.628. The number of benzene rings is 2. The lowest BCUT2D eigenvalue weighted by Gasteiger charge is -2.37. The summed E-state index contributed by atoms with van der Waals surface area (Å²) in [6.07, 6.45) is -0.106. The first-order chi connectivity index (χ1) is 16.2. The van der Waals surface area contributed by atoms with Crippen molar-refractivity contribution in [1.82, 2.24) is 4.90 Å². The van der Waals surface area contributed by atoms with E-state index in [1.807, 2.05) is 24.3 Å². The number of fused-ring (bicyclic) bond motifs is 1. The van der Waals surface area contributed by atoms with Crippen LogP contribution in [0, 0.1) is 6.92 Å². The Morgan fingerprint density at radius 2 is 1.88 bits per heavy atom. The van der Waals surface area contributed by atoms with E-state index in [2.05, 4.69) is 10.2 Å². The number of aryl methyl sites for hydroxylation is 1. The van der Waals surface area contributed by atoms with Crippen LogP contribution in [0.2, 0.25) is 0 Å². The molecule has 0 aliphatic carbocycles. The van der Waals surface area contributed by atoms with Crippen LogP contribution in [-0.2, 0) is 19.4 Å². The number of carbonyl (C=O) groups is 2. The average molecular weight is 488 g/mol. The van der Waals surface area contributed by atoms with Crippen LogP contribution in [0.1, 0.15) is 18.9 Å². The third-order valence-electron chi connectivity index (χ3n) is 6.27. The molecule has 0 bridgehead atoms. The Labute approximate surface area is 199 Å². The number of nitrogens with zero attached hydrogens (tertiary/aromatic N) is 2. The van der Waals surface area contributed by atoms with E-state index < -0.39 is 15.1 Å². The molecule has 4 rings (SSSR count). The Hall–Kier alpha value is -3.27. The third-order valence-corrected chi connectivity index (χ3v) is 8.55. The molecule has 9 nitrogen and oxygen atoms in total. The second-order valence-electron chi connectivity index (χ2n) is 8.55. The fraction of sp³-hybridized carbons (Fsp3) is 0.417. The summed E-state index contributed by atoms with van der Waals surface area (Å²) in [4.78, 5) is 28.5. The van der Waals surface area contributed by atoms with Gasteiger partial charge in [-0.25, -0.2) is 8.42 Å². The zero-order valence-corrected chi connectivity index (χ0v) is 20.4. The zero-order chi connectivity index (χ0) is 24.5. The van der Waals surface area contributed by atoms with Crippen molar-refractivity contribution in [2.45, 2.75) is 30.4 Å². The summed E-state index contributed by atoms with van der Waals surface area (Å²) < 4.78 is 37.4. The number of para-hydroxylation sites is 2. The van der Waals surface area contributed by atoms with Crippen LogP contribution in [0.25, 0.3) is 0 Å². The first-order valence-electron chi connectivity index (χ1n) is 11.2. The Morgan fingerprint density at radius 1 is 1.18 bits per heavy atom. The molecule has 0 unspecified atom stereocenters. The summed E-state index contributed by atoms with van der Waals surface area (Å²) in [5.41, 5.74) is 1.92. The molecule has 1 atom stereocenters. The summed E-state index contributed by atoms with van der Waals surface area (Å²) in [6.45, 7) is 5.36. The minimum Gasteiger partial charge on any atom is -0.495 e. The van der Waals surface area contributed by atoms with Gasteiger partial charge in [0, 0.05) is 38.7 Å². The molecule has 182 valence electrons. The molecular weight excluding hydrogens is 458 g/mol. The highest BCUT2D eigenvalue weighted by Crippen LogP contribution is 2.35. The van der Waals surface area contributed by atoms with E-state index >= 15 is 0 Å². The van der Waals surface area contributed by atoms with Crippen molar-refractivity contribution in [2.75, 3.05) is 50.1 Å². The molecule has 2 heterocycles. The van der Waals surface area contributed by atoms with Crippen LogP contribution in [0.4, 0.5) is 11.4 Å². The van der Waals surface area contributed by atoms with E-state index in [9.17, 15) is 18.0 Å². The molecule has 2 aliphatic heterocycles. The standard InChI is InChI=1S/C24H29N3O6S/c1-16-12-18-21(33-15-23(28)25-18)14-22(16)34(30,31)17(2)13-24(29)27-10-8-26(9-11-27)19-6-4-5-7-20(19)32-3/h4-7,12,14,17H,8-11,13,15H2,1-3H3,(H,25,28)/t17-/m0/s1. The predicted octanol–water partition coefficient (Wildman–Crippen LogP) is 2.24. The molecular formula is C24H29N3O6S. The number of piperazine rings is 1. The first kappa shape index (κ1) is 23.9. The number of carbonyl (C=O) groups excluding carboxylic acids is 2. The fourth-order valence-corrected chi connectivity index (χ4v) is 5.89. The highest BCUT2D eigenvalue weighted by atomic mass is 32.2. The molecule has 34 heavy (non-hydrogen) atoms. The van der Waals surface area contributed by atoms with E-state index in [0.29, 0.717) is 43.2 Å². The molecule has 1 N–H and O–H groups in total. The van der Waals surface area contributed by atoms with Crippen molar-refractivity contribution in [3.05, 3.63) is 42.0 Å². The van der Waals surface area contributed by atoms with Gasteiger partial charge in [0.15, 0.2) is 16.4 Å². The van der Waals surface area contributed by atoms with E-state index in [1.165, 1.54) is 6.07 Å². The third kappa shape index (κ3) is 4.68. The van der Waals surface area contributed by atoms with Gasteiger partial charge in [0.25, 0.3) is 5.91 Å². The second kappa shape index (κ2) is 9.54. The molecule has 2 aromatic rings. The van der Waals surface area contributed by atoms with Crippen molar-refractivity contribution in [2.24, 2.45) is 0 Å². The van der Waals surface area contributed by atoms with E-state index in [-0.39, 0.29) is 29.7 Å². The minimum absolute atomic E-state index is 0.106. The molecule has 1 saturated heterocycles. The Bertz CT molecular complexity index is 1210. The number of rotatable bonds is 6. The highest BCUT2D eigenvalue weighted by Gasteiger charge is 2.32. The topological polar surface area (TPSA) is 105 Å². The van der Waals surface area contributed by atoms with Crippen molar-refractivity contribution in [3.63, 3.8) is 0 Å². The van der Waals surface area contributed by atoms with Crippen LogP contribution < -0.4 is 19.7 Å². The fourth-order valence-electron chi connectivity index (χ4n) is 4.31. The number of anilines is 2. The Kier molecular flexibility index (Phi) is 6.70. The van der Waals surface area contributed by atoms with Crippen LogP contribution >= 0.6 is 0 Å². The lowest BCUT2D eigenvalue weighted by Crippen LogP contribution is -2.49. The van der Waals surface area contributed by atoms with Gasteiger partial charge in [-0.1, -0.05) is 12.1 Å². The maximum absolute atomic E-state index is 13.3. The van der Waals surface area contributed by atoms with Gasteiger partial charge in [-0.05, 0) is 37.6 Å². The minimum atomic E-state index is -3.78. The summed E-state index contributed by atoms with van der Waals surface area (Å²) in [6, 6.07) is 10.8. The van der Waals surface area contributed by atoms with Crippen molar-refractivity contribution < 1.29 is 27.5 Å². The predicted molar refractivity (Wildman–Crippen MR) is 128 cm³/mol. The zero-order valence-electron chi connectivity index (χ0n) is 19.5. The van der Waals surface area contributed by atoms with Gasteiger partial charge in [0.05, 0.1) is 28.6 Å². The Balaban J connectivity index is 1.41. The van der Waals surface area contributed by atoms with Crippen LogP contribution in [0.5, 0.6) is 11.5 Å². The smallest absolute Gasteiger partial charge is 0.262 e. The van der Waals surface area contributed by atoms with Gasteiger partial charge in [0.2, 0.25) is 5.91 Å². The summed E-state index contributed by atoms with van der Waals surface area (Å²) in [5, 5.41) is 1.77. The first-order valence-corrected chi connectivity index (χ1v) is 12.7. The van der Waals surface area contributed by atoms with Crippen LogP contribution in [-0.4, -0.2) is 70.3 Å². The van der Waals surface area contributed by atoms with Gasteiger partial charge in [-0.3, -0.25) is 9.59 Å². The Morgan fingerprint density at radius 3 is 2.59 bits per heavy atom. The maximum atomic E-state index is 13.3. The number of amides is 2. The molecule has 0 radical (unpaired) electrons. The highest BCUT2D eigenvalue weighted by molar-refractivity contribution is 7.92. The normalized spacial score (nSPS) is 16.9. The largest absolute Gasteiger partial charge is 0.495 e.